The number of piperidine rings is 6. The molecular formula is C44H58Br2N2O5S4. The van der Waals surface area contributed by atoms with Gasteiger partial charge in [0, 0.05) is 53.7 Å². The molecule has 4 bridgehead atoms. The van der Waals surface area contributed by atoms with Gasteiger partial charge in [0.1, 0.15) is 18.5 Å². The lowest BCUT2D eigenvalue weighted by Crippen LogP contribution is -3.00. The fourth-order valence-electron chi connectivity index (χ4n) is 9.54. The molecule has 0 amide bonds. The lowest BCUT2D eigenvalue weighted by molar-refractivity contribution is -0.964. The fourth-order valence-corrected chi connectivity index (χ4v) is 13.1. The Bertz CT molecular complexity index is 1810. The fraction of sp³-hybridized carbons (Fsp3) is 0.545. The van der Waals surface area contributed by atoms with Crippen LogP contribution in [0.1, 0.15) is 86.2 Å². The Labute approximate surface area is 376 Å². The normalized spacial score (nSPS) is 26.4. The Morgan fingerprint density at radius 3 is 1.61 bits per heavy atom. The van der Waals surface area contributed by atoms with Gasteiger partial charge in [-0.15, -0.1) is 45.3 Å². The van der Waals surface area contributed by atoms with Crippen LogP contribution in [-0.4, -0.2) is 90.1 Å². The average molecular weight is 983 g/mol. The zero-order valence-corrected chi connectivity index (χ0v) is 40.2. The lowest BCUT2D eigenvalue weighted by atomic mass is 9.82. The van der Waals surface area contributed by atoms with Gasteiger partial charge in [-0.25, -0.2) is 4.79 Å². The number of rotatable bonds is 12. The molecule has 6 saturated heterocycles. The summed E-state index contributed by atoms with van der Waals surface area (Å²) >= 11 is 6.06. The SMILES string of the molecule is CC(C)=CCC[N+]12CCC(CC1)[C@@H](OC(=O)C(C)(c1cccs1)c1cccs1)C2.CC(C)[N+]12CCC(CC1)[C@@H](OC(=O)C(O)(c1cccs1)c1cccs1)C2.[Br-].[Br-]. The summed E-state index contributed by atoms with van der Waals surface area (Å²) in [7, 11) is 0. The molecule has 0 aliphatic carbocycles. The standard InChI is InChI=1S/C24H32NO2S2.C20H26NO3S2.2BrH/c1-18(2)7-4-12-25-13-10-19(11-14-25)20(17-25)27-23(26)24(3,21-8-5-15-28-21)22-9-6-16-29-22;1-14(2)21-9-7-15(8-10-21)16(13-21)24-19(22)20(23,17-5-3-11-25-17)18-6-4-12-26-18;;/h5-9,15-16,19-20H,4,10-14,17H2,1-3H3;3-6,11-12,14-16,23H,7-10,13H2,1-2H3;2*1H/q2*+1;;/p-2/t19?,20-,25?;15?,16-,21?;;/m00../s1. The number of carbonyl (C=O) groups excluding carboxylic acids is 2. The van der Waals surface area contributed by atoms with Gasteiger partial charge in [0.2, 0.25) is 5.60 Å². The van der Waals surface area contributed by atoms with Crippen molar-refractivity contribution in [2.75, 3.05) is 45.8 Å². The first kappa shape index (κ1) is 46.4. The Morgan fingerprint density at radius 2 is 1.18 bits per heavy atom. The maximum Gasteiger partial charge on any atom is 0.349 e. The monoisotopic (exact) mass is 980 g/mol. The van der Waals surface area contributed by atoms with Crippen LogP contribution in [0.4, 0.5) is 0 Å². The highest BCUT2D eigenvalue weighted by Crippen LogP contribution is 2.43. The Kier molecular flexibility index (Phi) is 15.8. The van der Waals surface area contributed by atoms with Crippen molar-refractivity contribution < 1.29 is 67.1 Å². The number of allylic oxidation sites excluding steroid dienone is 1. The van der Waals surface area contributed by atoms with Crippen molar-refractivity contribution in [3.8, 4) is 0 Å². The second kappa shape index (κ2) is 19.4. The molecule has 10 heterocycles. The van der Waals surface area contributed by atoms with Crippen LogP contribution in [0.5, 0.6) is 0 Å². The molecule has 0 saturated carbocycles. The third-order valence-electron chi connectivity index (χ3n) is 13.3. The topological polar surface area (TPSA) is 72.8 Å². The quantitative estimate of drug-likeness (QED) is 0.134. The predicted molar refractivity (Wildman–Crippen MR) is 226 cm³/mol. The third kappa shape index (κ3) is 9.47. The second-order valence-corrected chi connectivity index (χ2v) is 20.8. The van der Waals surface area contributed by atoms with Gasteiger partial charge < -0.3 is 57.5 Å². The van der Waals surface area contributed by atoms with E-state index in [1.54, 1.807) is 22.7 Å². The van der Waals surface area contributed by atoms with E-state index < -0.39 is 17.0 Å². The van der Waals surface area contributed by atoms with Gasteiger partial charge >= 0.3 is 11.9 Å². The van der Waals surface area contributed by atoms with Gasteiger partial charge in [0.25, 0.3) is 0 Å². The minimum absolute atomic E-state index is 0. The molecule has 7 nitrogen and oxygen atoms in total. The number of ether oxygens (including phenoxy) is 2. The molecule has 1 N–H and O–H groups in total. The number of thiophene rings is 4. The molecule has 0 aromatic carbocycles. The molecule has 6 aliphatic rings. The highest BCUT2D eigenvalue weighted by atomic mass is 79.9. The minimum atomic E-state index is -1.70. The van der Waals surface area contributed by atoms with Crippen molar-refractivity contribution >= 4 is 57.3 Å². The third-order valence-corrected chi connectivity index (χ3v) is 17.4. The lowest BCUT2D eigenvalue weighted by Gasteiger charge is -2.54. The summed E-state index contributed by atoms with van der Waals surface area (Å²) in [5, 5.41) is 19.3. The maximum atomic E-state index is 13.6. The molecule has 6 aliphatic heterocycles. The molecule has 6 fully saturated rings. The van der Waals surface area contributed by atoms with E-state index in [1.807, 2.05) is 64.8 Å². The van der Waals surface area contributed by atoms with Crippen molar-refractivity contribution in [2.45, 2.75) is 96.0 Å². The molecule has 57 heavy (non-hydrogen) atoms. The van der Waals surface area contributed by atoms with Crippen LogP contribution in [-0.2, 0) is 30.1 Å². The Morgan fingerprint density at radius 1 is 0.737 bits per heavy atom. The van der Waals surface area contributed by atoms with Crippen molar-refractivity contribution in [2.24, 2.45) is 11.8 Å². The average Bonchev–Trinajstić information content (AvgIpc) is 4.04. The van der Waals surface area contributed by atoms with E-state index in [-0.39, 0.29) is 52.1 Å². The summed E-state index contributed by atoms with van der Waals surface area (Å²) in [5.74, 6) is 0.346. The van der Waals surface area contributed by atoms with E-state index in [0.717, 1.165) is 51.1 Å². The molecule has 4 aromatic heterocycles. The zero-order chi connectivity index (χ0) is 38.8. The number of quaternary nitrogens is 2. The van der Waals surface area contributed by atoms with E-state index in [4.69, 9.17) is 9.47 Å². The predicted octanol–water partition coefficient (Wildman–Crippen LogP) is 3.24. The second-order valence-electron chi connectivity index (χ2n) is 17.0. The number of carbonyl (C=O) groups is 2. The summed E-state index contributed by atoms with van der Waals surface area (Å²) in [4.78, 5) is 30.2. The Balaban J connectivity index is 0.000000211. The number of esters is 2. The van der Waals surface area contributed by atoms with Crippen LogP contribution in [0.2, 0.25) is 0 Å². The van der Waals surface area contributed by atoms with Gasteiger partial charge in [-0.2, -0.15) is 0 Å². The largest absolute Gasteiger partial charge is 1.00 e. The van der Waals surface area contributed by atoms with Crippen molar-refractivity contribution in [3.63, 3.8) is 0 Å². The highest BCUT2D eigenvalue weighted by Gasteiger charge is 2.53. The minimum Gasteiger partial charge on any atom is -1.00 e. The summed E-state index contributed by atoms with van der Waals surface area (Å²) in [5.41, 5.74) is -1.01. The molecule has 0 radical (unpaired) electrons. The smallest absolute Gasteiger partial charge is 0.349 e. The first-order chi connectivity index (χ1) is 26.4. The number of aliphatic hydroxyl groups is 1. The van der Waals surface area contributed by atoms with E-state index >= 15 is 0 Å². The van der Waals surface area contributed by atoms with Crippen LogP contribution in [0, 0.1) is 11.8 Å². The van der Waals surface area contributed by atoms with Crippen LogP contribution >= 0.6 is 45.3 Å². The van der Waals surface area contributed by atoms with E-state index in [0.29, 0.717) is 27.6 Å². The van der Waals surface area contributed by atoms with Gasteiger partial charge in [-0.1, -0.05) is 35.9 Å². The van der Waals surface area contributed by atoms with Gasteiger partial charge in [-0.05, 0) is 80.4 Å². The van der Waals surface area contributed by atoms with E-state index in [9.17, 15) is 14.7 Å². The molecule has 13 heteroatoms. The first-order valence-corrected chi connectivity index (χ1v) is 23.6. The van der Waals surface area contributed by atoms with Gasteiger partial charge in [0.05, 0.1) is 48.5 Å². The summed E-state index contributed by atoms with van der Waals surface area (Å²) in [6.45, 7) is 18.8. The first-order valence-electron chi connectivity index (χ1n) is 20.0. The van der Waals surface area contributed by atoms with Gasteiger partial charge in [0.15, 0.2) is 12.2 Å². The molecule has 0 spiro atoms. The molecule has 10 rings (SSSR count). The molecule has 312 valence electrons. The Hall–Kier alpha value is -1.68. The van der Waals surface area contributed by atoms with Crippen LogP contribution in [0.15, 0.2) is 81.7 Å². The van der Waals surface area contributed by atoms with E-state index in [2.05, 4.69) is 45.9 Å². The van der Waals surface area contributed by atoms with Crippen molar-refractivity contribution in [1.29, 1.82) is 0 Å². The number of halogens is 2. The molecule has 4 aromatic rings. The van der Waals surface area contributed by atoms with Crippen molar-refractivity contribution in [3.05, 3.63) is 101 Å². The number of hydrogen-bond donors (Lipinski definition) is 1. The summed E-state index contributed by atoms with van der Waals surface area (Å²) in [6, 6.07) is 16.1. The summed E-state index contributed by atoms with van der Waals surface area (Å²) in [6.07, 6.45) is 7.99. The number of nitrogens with zero attached hydrogens (tertiary/aromatic N) is 2. The van der Waals surface area contributed by atoms with Crippen molar-refractivity contribution in [1.82, 2.24) is 0 Å². The van der Waals surface area contributed by atoms with Crippen LogP contribution < -0.4 is 34.0 Å². The maximum absolute atomic E-state index is 13.6. The highest BCUT2D eigenvalue weighted by molar-refractivity contribution is 7.12. The molecule has 2 atom stereocenters. The summed E-state index contributed by atoms with van der Waals surface area (Å²) < 4.78 is 14.5. The van der Waals surface area contributed by atoms with Crippen LogP contribution in [0.3, 0.4) is 0 Å². The number of fused-ring (bicyclic) bond motifs is 6. The zero-order valence-electron chi connectivity index (χ0n) is 33.7. The molecular weight excluding hydrogens is 925 g/mol. The van der Waals surface area contributed by atoms with Crippen LogP contribution in [0.25, 0.3) is 0 Å². The van der Waals surface area contributed by atoms with E-state index in [1.165, 1.54) is 73.8 Å². The molecule has 0 unspecified atom stereocenters. The number of hydrogen-bond acceptors (Lipinski definition) is 9. The van der Waals surface area contributed by atoms with Gasteiger partial charge in [-0.3, -0.25) is 4.79 Å².